The van der Waals surface area contributed by atoms with E-state index in [-0.39, 0.29) is 18.2 Å². The second-order valence-corrected chi connectivity index (χ2v) is 7.13. The van der Waals surface area contributed by atoms with Crippen LogP contribution in [0.1, 0.15) is 15.9 Å². The number of amides is 2. The molecule has 1 aromatic heterocycles. The van der Waals surface area contributed by atoms with Crippen LogP contribution in [0, 0.1) is 0 Å². The van der Waals surface area contributed by atoms with E-state index >= 15 is 0 Å². The van der Waals surface area contributed by atoms with Gasteiger partial charge in [-0.25, -0.2) is 4.98 Å². The largest absolute Gasteiger partial charge is 0.326 e. The SMILES string of the molecule is O=C(Cc1cccc2ccccc12)Nc1cccc(C(=O)Nc2nccs2)c1. The predicted molar refractivity (Wildman–Crippen MR) is 113 cm³/mol. The molecule has 0 aliphatic heterocycles. The normalized spacial score (nSPS) is 10.6. The van der Waals surface area contributed by atoms with Crippen molar-refractivity contribution in [3.8, 4) is 0 Å². The van der Waals surface area contributed by atoms with Crippen molar-refractivity contribution in [1.82, 2.24) is 4.98 Å². The summed E-state index contributed by atoms with van der Waals surface area (Å²) >= 11 is 1.35. The molecule has 1 heterocycles. The number of anilines is 2. The molecule has 0 spiro atoms. The first-order valence-electron chi connectivity index (χ1n) is 8.76. The van der Waals surface area contributed by atoms with E-state index in [1.165, 1.54) is 11.3 Å². The molecule has 3 aromatic carbocycles. The number of fused-ring (bicyclic) bond motifs is 1. The minimum atomic E-state index is -0.264. The quantitative estimate of drug-likeness (QED) is 0.520. The molecule has 2 amide bonds. The van der Waals surface area contributed by atoms with Crippen molar-refractivity contribution in [2.75, 3.05) is 10.6 Å². The molecule has 0 radical (unpaired) electrons. The maximum atomic E-state index is 12.5. The van der Waals surface area contributed by atoms with Gasteiger partial charge in [-0.15, -0.1) is 11.3 Å². The molecule has 0 atom stereocenters. The van der Waals surface area contributed by atoms with E-state index in [1.54, 1.807) is 35.8 Å². The van der Waals surface area contributed by atoms with E-state index in [0.29, 0.717) is 16.4 Å². The van der Waals surface area contributed by atoms with Crippen LogP contribution in [0.5, 0.6) is 0 Å². The average molecular weight is 387 g/mol. The van der Waals surface area contributed by atoms with E-state index in [4.69, 9.17) is 0 Å². The van der Waals surface area contributed by atoms with Gasteiger partial charge in [-0.05, 0) is 34.5 Å². The summed E-state index contributed by atoms with van der Waals surface area (Å²) in [6, 6.07) is 20.8. The number of nitrogens with zero attached hydrogens (tertiary/aromatic N) is 1. The van der Waals surface area contributed by atoms with Crippen molar-refractivity contribution < 1.29 is 9.59 Å². The van der Waals surface area contributed by atoms with Crippen molar-refractivity contribution in [1.29, 1.82) is 0 Å². The van der Waals surface area contributed by atoms with Gasteiger partial charge in [-0.2, -0.15) is 0 Å². The fraction of sp³-hybridized carbons (Fsp3) is 0.0455. The fourth-order valence-corrected chi connectivity index (χ4v) is 3.54. The molecule has 0 unspecified atom stereocenters. The molecule has 0 saturated carbocycles. The average Bonchev–Trinajstić information content (AvgIpc) is 3.21. The molecule has 28 heavy (non-hydrogen) atoms. The Morgan fingerprint density at radius 2 is 1.75 bits per heavy atom. The van der Waals surface area contributed by atoms with Crippen molar-refractivity contribution in [3.63, 3.8) is 0 Å². The number of nitrogens with one attached hydrogen (secondary N) is 2. The number of carbonyl (C=O) groups excluding carboxylic acids is 2. The highest BCUT2D eigenvalue weighted by Crippen LogP contribution is 2.20. The molecule has 0 aliphatic rings. The Balaban J connectivity index is 1.46. The highest BCUT2D eigenvalue weighted by Gasteiger charge is 2.11. The molecule has 0 fully saturated rings. The molecule has 138 valence electrons. The minimum Gasteiger partial charge on any atom is -0.326 e. The van der Waals surface area contributed by atoms with Crippen LogP contribution in [0.3, 0.4) is 0 Å². The van der Waals surface area contributed by atoms with Crippen LogP contribution < -0.4 is 10.6 Å². The third-order valence-corrected chi connectivity index (χ3v) is 4.98. The number of aromatic nitrogens is 1. The summed E-state index contributed by atoms with van der Waals surface area (Å²) < 4.78 is 0. The van der Waals surface area contributed by atoms with Gasteiger partial charge in [-0.1, -0.05) is 48.5 Å². The Kier molecular flexibility index (Phi) is 5.12. The van der Waals surface area contributed by atoms with Crippen LogP contribution in [0.2, 0.25) is 0 Å². The Morgan fingerprint density at radius 3 is 2.61 bits per heavy atom. The van der Waals surface area contributed by atoms with Crippen LogP contribution in [0.4, 0.5) is 10.8 Å². The van der Waals surface area contributed by atoms with E-state index in [2.05, 4.69) is 15.6 Å². The molecule has 4 rings (SSSR count). The van der Waals surface area contributed by atoms with Gasteiger partial charge in [0, 0.05) is 22.8 Å². The zero-order chi connectivity index (χ0) is 19.3. The van der Waals surface area contributed by atoms with Gasteiger partial charge < -0.3 is 5.32 Å². The molecule has 0 saturated heterocycles. The Morgan fingerprint density at radius 1 is 0.929 bits per heavy atom. The van der Waals surface area contributed by atoms with Crippen LogP contribution in [0.15, 0.2) is 78.3 Å². The first-order chi connectivity index (χ1) is 13.7. The molecule has 0 bridgehead atoms. The second-order valence-electron chi connectivity index (χ2n) is 6.24. The summed E-state index contributed by atoms with van der Waals surface area (Å²) in [5.41, 5.74) is 2.00. The maximum absolute atomic E-state index is 12.5. The Hall–Kier alpha value is -3.51. The molecule has 2 N–H and O–H groups in total. The summed E-state index contributed by atoms with van der Waals surface area (Å²) in [6.07, 6.45) is 1.89. The van der Waals surface area contributed by atoms with Gasteiger partial charge in [0.2, 0.25) is 5.91 Å². The minimum absolute atomic E-state index is 0.131. The number of carbonyl (C=O) groups is 2. The Labute approximate surface area is 166 Å². The van der Waals surface area contributed by atoms with Gasteiger partial charge >= 0.3 is 0 Å². The molecule has 0 aliphatic carbocycles. The van der Waals surface area contributed by atoms with Crippen molar-refractivity contribution in [2.45, 2.75) is 6.42 Å². The highest BCUT2D eigenvalue weighted by atomic mass is 32.1. The molecule has 6 heteroatoms. The summed E-state index contributed by atoms with van der Waals surface area (Å²) in [6.45, 7) is 0. The Bertz CT molecular complexity index is 1130. The van der Waals surface area contributed by atoms with Gasteiger partial charge in [0.25, 0.3) is 5.91 Å². The van der Waals surface area contributed by atoms with E-state index in [1.807, 2.05) is 42.5 Å². The first-order valence-corrected chi connectivity index (χ1v) is 9.64. The van der Waals surface area contributed by atoms with Crippen molar-refractivity contribution >= 4 is 44.7 Å². The van der Waals surface area contributed by atoms with E-state index in [9.17, 15) is 9.59 Å². The van der Waals surface area contributed by atoms with Gasteiger partial charge in [0.1, 0.15) is 0 Å². The lowest BCUT2D eigenvalue weighted by atomic mass is 10.0. The third-order valence-electron chi connectivity index (χ3n) is 4.29. The highest BCUT2D eigenvalue weighted by molar-refractivity contribution is 7.13. The number of hydrogen-bond donors (Lipinski definition) is 2. The van der Waals surface area contributed by atoms with Crippen LogP contribution in [-0.2, 0) is 11.2 Å². The maximum Gasteiger partial charge on any atom is 0.257 e. The number of thiazole rings is 1. The summed E-state index contributed by atoms with van der Waals surface area (Å²) in [5, 5.41) is 10.1. The smallest absolute Gasteiger partial charge is 0.257 e. The molecule has 5 nitrogen and oxygen atoms in total. The lowest BCUT2D eigenvalue weighted by Crippen LogP contribution is -2.16. The lowest BCUT2D eigenvalue weighted by molar-refractivity contribution is -0.115. The van der Waals surface area contributed by atoms with E-state index < -0.39 is 0 Å². The summed E-state index contributed by atoms with van der Waals surface area (Å²) in [4.78, 5) is 28.9. The molecular formula is C22H17N3O2S. The summed E-state index contributed by atoms with van der Waals surface area (Å²) in [5.74, 6) is -0.395. The third kappa shape index (κ3) is 4.07. The number of hydrogen-bond acceptors (Lipinski definition) is 4. The number of benzene rings is 3. The second kappa shape index (κ2) is 8.02. The van der Waals surface area contributed by atoms with E-state index in [0.717, 1.165) is 16.3 Å². The van der Waals surface area contributed by atoms with Crippen LogP contribution >= 0.6 is 11.3 Å². The van der Waals surface area contributed by atoms with Crippen molar-refractivity contribution in [2.24, 2.45) is 0 Å². The van der Waals surface area contributed by atoms with Gasteiger partial charge in [-0.3, -0.25) is 14.9 Å². The predicted octanol–water partition coefficient (Wildman–Crippen LogP) is 4.73. The zero-order valence-corrected chi connectivity index (χ0v) is 15.7. The standard InChI is InChI=1S/C22H17N3O2S/c26-20(14-16-7-3-6-15-5-1-2-10-19(15)16)24-18-9-4-8-17(13-18)21(27)25-22-23-11-12-28-22/h1-13H,14H2,(H,24,26)(H,23,25,27). The lowest BCUT2D eigenvalue weighted by Gasteiger charge is -2.09. The molecule has 4 aromatic rings. The van der Waals surface area contributed by atoms with Gasteiger partial charge in [0.15, 0.2) is 5.13 Å². The van der Waals surface area contributed by atoms with Gasteiger partial charge in [0.05, 0.1) is 6.42 Å². The molecular weight excluding hydrogens is 370 g/mol. The fourth-order valence-electron chi connectivity index (χ4n) is 3.02. The first kappa shape index (κ1) is 17.9. The monoisotopic (exact) mass is 387 g/mol. The zero-order valence-electron chi connectivity index (χ0n) is 14.9. The number of rotatable bonds is 5. The topological polar surface area (TPSA) is 71.1 Å². The van der Waals surface area contributed by atoms with Crippen LogP contribution in [-0.4, -0.2) is 16.8 Å². The van der Waals surface area contributed by atoms with Crippen LogP contribution in [0.25, 0.3) is 10.8 Å². The van der Waals surface area contributed by atoms with Crippen molar-refractivity contribution in [3.05, 3.63) is 89.4 Å². The summed E-state index contributed by atoms with van der Waals surface area (Å²) in [7, 11) is 0.